The number of amides is 4. The third kappa shape index (κ3) is 6.74. The van der Waals surface area contributed by atoms with Gasteiger partial charge >= 0.3 is 0 Å². The Morgan fingerprint density at radius 3 is 2.23 bits per heavy atom. The molecule has 4 amide bonds. The number of nitro benzene ring substituents is 1. The lowest BCUT2D eigenvalue weighted by atomic mass is 10.2. The van der Waals surface area contributed by atoms with Gasteiger partial charge in [0.15, 0.2) is 0 Å². The van der Waals surface area contributed by atoms with Crippen LogP contribution in [0.15, 0.2) is 48.9 Å². The lowest BCUT2D eigenvalue weighted by Crippen LogP contribution is -2.28. The van der Waals surface area contributed by atoms with Crippen LogP contribution < -0.4 is 27.0 Å². The van der Waals surface area contributed by atoms with Crippen LogP contribution in [0.3, 0.4) is 0 Å². The second-order valence-corrected chi connectivity index (χ2v) is 11.7. The standard InChI is InChI=1S/C30H30N10O6S/c1-14-19(12-34-25(14)29(43)33-8-7-24(31)32)38-30(44)26-15(2)18(11-35-26)37-27(41)21-9-16(13-39(21)3)36-28(42)23-10-17-20(40(45)46)5-4-6-22(17)47-23/h4-6,9-13,34-35H,7-8H2,1-3H3,(H3,31,32)(H,33,43)(H,36,42)(H,37,41)(H,38,44). The number of amidine groups is 1. The average Bonchev–Trinajstić information content (AvgIpc) is 3.79. The topological polar surface area (TPSA) is 246 Å². The molecular weight excluding hydrogens is 628 g/mol. The summed E-state index contributed by atoms with van der Waals surface area (Å²) in [6.45, 7) is 3.53. The van der Waals surface area contributed by atoms with E-state index in [1.54, 1.807) is 39.2 Å². The molecule has 0 radical (unpaired) electrons. The minimum atomic E-state index is -0.499. The van der Waals surface area contributed by atoms with E-state index in [1.165, 1.54) is 35.2 Å². The molecule has 0 unspecified atom stereocenters. The molecular formula is C30H30N10O6S. The van der Waals surface area contributed by atoms with Gasteiger partial charge in [-0.1, -0.05) is 6.07 Å². The summed E-state index contributed by atoms with van der Waals surface area (Å²) >= 11 is 1.12. The summed E-state index contributed by atoms with van der Waals surface area (Å²) in [6, 6.07) is 7.60. The Morgan fingerprint density at radius 1 is 0.957 bits per heavy atom. The van der Waals surface area contributed by atoms with E-state index in [4.69, 9.17) is 11.1 Å². The molecule has 0 aliphatic heterocycles. The molecule has 0 aliphatic carbocycles. The number of non-ortho nitro benzene ring substituents is 1. The molecule has 0 atom stereocenters. The zero-order valence-corrected chi connectivity index (χ0v) is 26.2. The number of carbonyl (C=O) groups excluding carboxylic acids is 4. The molecule has 16 nitrogen and oxygen atoms in total. The number of nitrogens with one attached hydrogen (secondary N) is 7. The van der Waals surface area contributed by atoms with E-state index in [9.17, 15) is 29.3 Å². The fourth-order valence-electron chi connectivity index (χ4n) is 4.86. The third-order valence-corrected chi connectivity index (χ3v) is 8.46. The summed E-state index contributed by atoms with van der Waals surface area (Å²) in [7, 11) is 1.63. The number of benzene rings is 1. The van der Waals surface area contributed by atoms with Crippen LogP contribution >= 0.6 is 11.3 Å². The van der Waals surface area contributed by atoms with Crippen LogP contribution in [0, 0.1) is 29.4 Å². The van der Waals surface area contributed by atoms with Gasteiger partial charge in [0.25, 0.3) is 29.3 Å². The zero-order valence-electron chi connectivity index (χ0n) is 25.4. The van der Waals surface area contributed by atoms with Crippen molar-refractivity contribution in [3.8, 4) is 0 Å². The number of hydrogen-bond acceptors (Lipinski definition) is 8. The molecule has 47 heavy (non-hydrogen) atoms. The van der Waals surface area contributed by atoms with Gasteiger partial charge in [0.2, 0.25) is 0 Å². The monoisotopic (exact) mass is 658 g/mol. The van der Waals surface area contributed by atoms with Gasteiger partial charge in [0.05, 0.1) is 38.1 Å². The van der Waals surface area contributed by atoms with E-state index in [-0.39, 0.29) is 46.4 Å². The van der Waals surface area contributed by atoms with Crippen LogP contribution in [0.4, 0.5) is 22.7 Å². The number of anilines is 3. The molecule has 4 aromatic heterocycles. The van der Waals surface area contributed by atoms with Gasteiger partial charge < -0.3 is 41.5 Å². The Morgan fingerprint density at radius 2 is 1.60 bits per heavy atom. The van der Waals surface area contributed by atoms with E-state index >= 15 is 0 Å². The minimum absolute atomic E-state index is 0.0444. The van der Waals surface area contributed by atoms with E-state index < -0.39 is 28.6 Å². The number of rotatable bonds is 11. The summed E-state index contributed by atoms with van der Waals surface area (Å²) in [5, 5.41) is 29.9. The quantitative estimate of drug-likeness (QED) is 0.0443. The highest BCUT2D eigenvalue weighted by molar-refractivity contribution is 7.21. The Bertz CT molecular complexity index is 2080. The summed E-state index contributed by atoms with van der Waals surface area (Å²) in [5.74, 6) is -1.92. The normalized spacial score (nSPS) is 10.9. The number of nitrogens with two attached hydrogens (primary N) is 1. The summed E-state index contributed by atoms with van der Waals surface area (Å²) < 4.78 is 2.13. The highest BCUT2D eigenvalue weighted by Gasteiger charge is 2.22. The second kappa shape index (κ2) is 13.0. The molecule has 0 bridgehead atoms. The Kier molecular flexibility index (Phi) is 8.91. The first-order valence-corrected chi connectivity index (χ1v) is 14.9. The van der Waals surface area contributed by atoms with Crippen molar-refractivity contribution in [2.45, 2.75) is 20.3 Å². The van der Waals surface area contributed by atoms with Crippen molar-refractivity contribution < 1.29 is 24.1 Å². The lowest BCUT2D eigenvalue weighted by molar-refractivity contribution is -0.383. The number of thiophene rings is 1. The number of hydrogen-bond donors (Lipinski definition) is 8. The number of aromatic nitrogens is 3. The van der Waals surface area contributed by atoms with Gasteiger partial charge in [-0.25, -0.2) is 0 Å². The van der Waals surface area contributed by atoms with Crippen molar-refractivity contribution in [2.75, 3.05) is 22.5 Å². The van der Waals surface area contributed by atoms with Crippen LogP contribution in [0.1, 0.15) is 58.7 Å². The molecule has 5 aromatic rings. The van der Waals surface area contributed by atoms with Crippen molar-refractivity contribution in [1.82, 2.24) is 19.9 Å². The summed E-state index contributed by atoms with van der Waals surface area (Å²) in [6.07, 6.45) is 4.74. The van der Waals surface area contributed by atoms with Crippen LogP contribution in [0.25, 0.3) is 10.1 Å². The largest absolute Gasteiger partial charge is 0.388 e. The predicted molar refractivity (Wildman–Crippen MR) is 178 cm³/mol. The van der Waals surface area contributed by atoms with E-state index in [0.29, 0.717) is 38.3 Å². The van der Waals surface area contributed by atoms with Gasteiger partial charge in [0.1, 0.15) is 17.1 Å². The van der Waals surface area contributed by atoms with Crippen molar-refractivity contribution in [3.63, 3.8) is 0 Å². The van der Waals surface area contributed by atoms with Gasteiger partial charge in [-0.2, -0.15) is 0 Å². The molecule has 0 spiro atoms. The fraction of sp³-hybridized carbons (Fsp3) is 0.167. The highest BCUT2D eigenvalue weighted by Crippen LogP contribution is 2.33. The molecule has 0 fully saturated rings. The van der Waals surface area contributed by atoms with E-state index in [2.05, 4.69) is 31.2 Å². The van der Waals surface area contributed by atoms with Crippen LogP contribution in [-0.4, -0.2) is 55.5 Å². The predicted octanol–water partition coefficient (Wildman–Crippen LogP) is 4.23. The van der Waals surface area contributed by atoms with Crippen molar-refractivity contribution in [2.24, 2.45) is 12.8 Å². The van der Waals surface area contributed by atoms with Crippen LogP contribution in [0.2, 0.25) is 0 Å². The number of aryl methyl sites for hydroxylation is 1. The van der Waals surface area contributed by atoms with Gasteiger partial charge in [-0.3, -0.25) is 34.7 Å². The molecule has 1 aromatic carbocycles. The van der Waals surface area contributed by atoms with Gasteiger partial charge in [-0.05, 0) is 32.0 Å². The van der Waals surface area contributed by atoms with E-state index in [0.717, 1.165) is 11.3 Å². The summed E-state index contributed by atoms with van der Waals surface area (Å²) in [5.41, 5.74) is 7.95. The first-order chi connectivity index (χ1) is 22.3. The van der Waals surface area contributed by atoms with Gasteiger partial charge in [0, 0.05) is 60.5 Å². The Hall–Kier alpha value is -6.23. The first kappa shape index (κ1) is 32.2. The smallest absolute Gasteiger partial charge is 0.278 e. The SMILES string of the molecule is Cc1c(NC(=O)c2[nH]cc(NC(=O)c3cc(NC(=O)c4cc5c([N+](=O)[O-])cccc5s4)cn3C)c2C)c[nH]c1C(=O)NCCC(=N)N. The molecule has 5 rings (SSSR count). The molecule has 0 saturated carbocycles. The first-order valence-electron chi connectivity index (χ1n) is 14.1. The maximum absolute atomic E-state index is 13.2. The average molecular weight is 659 g/mol. The number of nitro groups is 1. The highest BCUT2D eigenvalue weighted by atomic mass is 32.1. The minimum Gasteiger partial charge on any atom is -0.388 e. The number of nitrogens with zero attached hydrogens (tertiary/aromatic N) is 2. The molecule has 0 saturated heterocycles. The maximum Gasteiger partial charge on any atom is 0.278 e. The maximum atomic E-state index is 13.2. The number of H-pyrrole nitrogens is 2. The Labute approximate surface area is 270 Å². The van der Waals surface area contributed by atoms with Gasteiger partial charge in [-0.15, -0.1) is 11.3 Å². The van der Waals surface area contributed by atoms with Crippen molar-refractivity contribution in [3.05, 3.63) is 92.1 Å². The molecule has 4 heterocycles. The van der Waals surface area contributed by atoms with E-state index in [1.807, 2.05) is 0 Å². The molecule has 0 aliphatic rings. The lowest BCUT2D eigenvalue weighted by Gasteiger charge is -2.07. The molecule has 17 heteroatoms. The summed E-state index contributed by atoms with van der Waals surface area (Å²) in [4.78, 5) is 68.5. The molecule has 242 valence electrons. The van der Waals surface area contributed by atoms with Crippen LogP contribution in [0.5, 0.6) is 0 Å². The van der Waals surface area contributed by atoms with Crippen molar-refractivity contribution in [1.29, 1.82) is 5.41 Å². The number of aromatic amines is 2. The van der Waals surface area contributed by atoms with Crippen molar-refractivity contribution >= 4 is 73.6 Å². The zero-order chi connectivity index (χ0) is 34.0. The van der Waals surface area contributed by atoms with Crippen LogP contribution in [-0.2, 0) is 7.05 Å². The molecule has 9 N–H and O–H groups in total. The number of fused-ring (bicyclic) bond motifs is 1. The Balaban J connectivity index is 1.23. The fourth-order valence-corrected chi connectivity index (χ4v) is 5.84. The number of carbonyl (C=O) groups is 4. The third-order valence-electron chi connectivity index (χ3n) is 7.36. The second-order valence-electron chi connectivity index (χ2n) is 10.6.